The number of benzene rings is 1. The molecule has 0 aliphatic carbocycles. The number of aromatic nitrogens is 6. The largest absolute Gasteiger partial charge is 0.364 e. The maximum absolute atomic E-state index is 5.45. The van der Waals surface area contributed by atoms with Crippen LogP contribution >= 0.6 is 11.8 Å². The first-order valence-electron chi connectivity index (χ1n) is 9.31. The van der Waals surface area contributed by atoms with E-state index in [4.69, 9.17) is 4.74 Å². The van der Waals surface area contributed by atoms with Crippen molar-refractivity contribution in [1.82, 2.24) is 29.5 Å². The van der Waals surface area contributed by atoms with Crippen LogP contribution in [0.1, 0.15) is 18.2 Å². The second kappa shape index (κ2) is 7.41. The molecule has 1 aliphatic heterocycles. The third-order valence-electron chi connectivity index (χ3n) is 4.85. The molecule has 0 atom stereocenters. The molecular weight excluding hydrogens is 386 g/mol. The molecule has 0 spiro atoms. The molecule has 0 fully saturated rings. The van der Waals surface area contributed by atoms with Gasteiger partial charge in [-0.25, -0.2) is 24.9 Å². The van der Waals surface area contributed by atoms with Gasteiger partial charge in [-0.2, -0.15) is 0 Å². The number of aryl methyl sites for hydroxylation is 1. The first-order chi connectivity index (χ1) is 14.3. The zero-order valence-corrected chi connectivity index (χ0v) is 16.9. The fourth-order valence-electron chi connectivity index (χ4n) is 3.56. The number of imidazole rings is 1. The van der Waals surface area contributed by atoms with Crippen molar-refractivity contribution in [2.24, 2.45) is 0 Å². The summed E-state index contributed by atoms with van der Waals surface area (Å²) in [5, 5.41) is 0.884. The van der Waals surface area contributed by atoms with E-state index >= 15 is 0 Å². The Morgan fingerprint density at radius 2 is 1.97 bits per heavy atom. The Morgan fingerprint density at radius 1 is 1.07 bits per heavy atom. The predicted octanol–water partition coefficient (Wildman–Crippen LogP) is 3.43. The summed E-state index contributed by atoms with van der Waals surface area (Å²) in [7, 11) is 1.69. The van der Waals surface area contributed by atoms with E-state index < -0.39 is 0 Å². The molecule has 0 bridgehead atoms. The lowest BCUT2D eigenvalue weighted by Gasteiger charge is -2.30. The van der Waals surface area contributed by atoms with Crippen LogP contribution in [0, 0.1) is 0 Å². The van der Waals surface area contributed by atoms with E-state index in [9.17, 15) is 0 Å². The van der Waals surface area contributed by atoms with Gasteiger partial charge in [0.25, 0.3) is 0 Å². The molecule has 5 rings (SSSR count). The second-order valence-electron chi connectivity index (χ2n) is 6.65. The van der Waals surface area contributed by atoms with Gasteiger partial charge in [0.15, 0.2) is 11.5 Å². The second-order valence-corrected chi connectivity index (χ2v) is 7.68. The normalized spacial score (nSPS) is 12.8. The van der Waals surface area contributed by atoms with Gasteiger partial charge in [-0.15, -0.1) is 0 Å². The Kier molecular flexibility index (Phi) is 4.61. The topological polar surface area (TPSA) is 81.9 Å². The highest BCUT2D eigenvalue weighted by atomic mass is 32.2. The highest BCUT2D eigenvalue weighted by molar-refractivity contribution is 7.99. The average Bonchev–Trinajstić information content (AvgIpc) is 3.17. The molecule has 3 aromatic heterocycles. The first kappa shape index (κ1) is 18.0. The Labute approximate surface area is 172 Å². The van der Waals surface area contributed by atoms with Crippen LogP contribution < -0.4 is 4.90 Å². The molecule has 0 saturated heterocycles. The molecule has 0 amide bonds. The van der Waals surface area contributed by atoms with Gasteiger partial charge in [0.1, 0.15) is 23.6 Å². The molecule has 1 aromatic carbocycles. The minimum absolute atomic E-state index is 0.407. The third-order valence-corrected chi connectivity index (χ3v) is 5.90. The van der Waals surface area contributed by atoms with Crippen molar-refractivity contribution in [3.05, 3.63) is 54.5 Å². The number of anilines is 2. The molecule has 146 valence electrons. The van der Waals surface area contributed by atoms with Crippen molar-refractivity contribution in [3.63, 3.8) is 0 Å². The van der Waals surface area contributed by atoms with Crippen LogP contribution in [0.25, 0.3) is 11.2 Å². The highest BCUT2D eigenvalue weighted by Crippen LogP contribution is 2.46. The van der Waals surface area contributed by atoms with Gasteiger partial charge >= 0.3 is 0 Å². The molecular formula is C20H19N7OS. The lowest BCUT2D eigenvalue weighted by molar-refractivity contribution is 0.204. The summed E-state index contributed by atoms with van der Waals surface area (Å²) in [6.07, 6.45) is 7.67. The summed E-state index contributed by atoms with van der Waals surface area (Å²) >= 11 is 1.63. The van der Waals surface area contributed by atoms with Crippen LogP contribution in [-0.2, 0) is 17.7 Å². The average molecular weight is 405 g/mol. The van der Waals surface area contributed by atoms with Crippen molar-refractivity contribution in [2.45, 2.75) is 29.8 Å². The molecule has 0 saturated carbocycles. The summed E-state index contributed by atoms with van der Waals surface area (Å²) in [6.45, 7) is 3.18. The molecule has 1 aliphatic rings. The number of ether oxygens (including phenoxy) is 1. The highest BCUT2D eigenvalue weighted by Gasteiger charge is 2.26. The number of fused-ring (bicyclic) bond motifs is 3. The molecule has 8 nitrogen and oxygen atoms in total. The van der Waals surface area contributed by atoms with Crippen LogP contribution in [0.15, 0.2) is 53.2 Å². The SMILES string of the molecule is CCc1ncnc2ncn(Cc3ccc4c(c3)N(COC)c3nccnc3S4)c12. The summed E-state index contributed by atoms with van der Waals surface area (Å²) in [6, 6.07) is 6.45. The van der Waals surface area contributed by atoms with Crippen LogP contribution in [0.5, 0.6) is 0 Å². The number of hydrogen-bond acceptors (Lipinski definition) is 8. The summed E-state index contributed by atoms with van der Waals surface area (Å²) in [5.41, 5.74) is 4.95. The first-order valence-corrected chi connectivity index (χ1v) is 10.1. The molecule has 4 aromatic rings. The Hall–Kier alpha value is -3.04. The molecule has 9 heteroatoms. The van der Waals surface area contributed by atoms with E-state index in [1.165, 1.54) is 0 Å². The number of methoxy groups -OCH3 is 1. The number of rotatable bonds is 5. The molecule has 0 unspecified atom stereocenters. The minimum Gasteiger partial charge on any atom is -0.364 e. The lowest BCUT2D eigenvalue weighted by atomic mass is 10.1. The van der Waals surface area contributed by atoms with E-state index in [1.807, 2.05) is 6.33 Å². The minimum atomic E-state index is 0.407. The van der Waals surface area contributed by atoms with Gasteiger partial charge < -0.3 is 9.30 Å². The number of hydrogen-bond donors (Lipinski definition) is 0. The van der Waals surface area contributed by atoms with E-state index in [1.54, 1.807) is 37.6 Å². The lowest BCUT2D eigenvalue weighted by Crippen LogP contribution is -2.24. The van der Waals surface area contributed by atoms with E-state index in [2.05, 4.69) is 59.5 Å². The monoisotopic (exact) mass is 405 g/mol. The fraction of sp³-hybridized carbons (Fsp3) is 0.250. The van der Waals surface area contributed by atoms with Crippen LogP contribution in [0.4, 0.5) is 11.5 Å². The standard InChI is InChI=1S/C20H19N7OS/c1-3-14-17-18(24-10-23-14)25-11-26(17)9-13-4-5-16-15(8-13)27(12-28-2)19-20(29-16)22-7-6-21-19/h4-8,10-11H,3,9,12H2,1-2H3. The maximum Gasteiger partial charge on any atom is 0.181 e. The third kappa shape index (κ3) is 3.12. The Bertz CT molecular complexity index is 1190. The smallest absolute Gasteiger partial charge is 0.181 e. The van der Waals surface area contributed by atoms with Crippen molar-refractivity contribution in [3.8, 4) is 0 Å². The fourth-order valence-corrected chi connectivity index (χ4v) is 4.55. The van der Waals surface area contributed by atoms with Crippen LogP contribution in [-0.4, -0.2) is 43.3 Å². The van der Waals surface area contributed by atoms with Gasteiger partial charge in [0, 0.05) is 30.9 Å². The van der Waals surface area contributed by atoms with E-state index in [0.717, 1.165) is 50.3 Å². The van der Waals surface area contributed by atoms with Crippen molar-refractivity contribution in [2.75, 3.05) is 18.7 Å². The van der Waals surface area contributed by atoms with Crippen LogP contribution in [0.3, 0.4) is 0 Å². The predicted molar refractivity (Wildman–Crippen MR) is 110 cm³/mol. The van der Waals surface area contributed by atoms with E-state index in [0.29, 0.717) is 13.3 Å². The maximum atomic E-state index is 5.45. The zero-order valence-electron chi connectivity index (χ0n) is 16.1. The van der Waals surface area contributed by atoms with Crippen molar-refractivity contribution < 1.29 is 4.74 Å². The van der Waals surface area contributed by atoms with Crippen molar-refractivity contribution in [1.29, 1.82) is 0 Å². The quantitative estimate of drug-likeness (QED) is 0.499. The van der Waals surface area contributed by atoms with Gasteiger partial charge in [-0.3, -0.25) is 4.90 Å². The Balaban J connectivity index is 1.54. The van der Waals surface area contributed by atoms with Crippen LogP contribution in [0.2, 0.25) is 0 Å². The zero-order chi connectivity index (χ0) is 19.8. The molecule has 4 heterocycles. The summed E-state index contributed by atoms with van der Waals surface area (Å²) in [4.78, 5) is 25.3. The van der Waals surface area contributed by atoms with E-state index in [-0.39, 0.29) is 0 Å². The molecule has 0 N–H and O–H groups in total. The number of nitrogens with zero attached hydrogens (tertiary/aromatic N) is 7. The Morgan fingerprint density at radius 3 is 2.83 bits per heavy atom. The van der Waals surface area contributed by atoms with Gasteiger partial charge in [-0.1, -0.05) is 24.8 Å². The van der Waals surface area contributed by atoms with Gasteiger partial charge in [0.05, 0.1) is 17.7 Å². The molecule has 29 heavy (non-hydrogen) atoms. The summed E-state index contributed by atoms with van der Waals surface area (Å²) < 4.78 is 7.56. The van der Waals surface area contributed by atoms with Gasteiger partial charge in [-0.05, 0) is 24.1 Å². The molecule has 0 radical (unpaired) electrons. The van der Waals surface area contributed by atoms with Gasteiger partial charge in [0.2, 0.25) is 0 Å². The summed E-state index contributed by atoms with van der Waals surface area (Å²) in [5.74, 6) is 0.818. The van der Waals surface area contributed by atoms with Crippen molar-refractivity contribution >= 4 is 34.4 Å².